The molecular formula is C13H13N5O3S2. The van der Waals surface area contributed by atoms with Crippen LogP contribution in [0.5, 0.6) is 0 Å². The van der Waals surface area contributed by atoms with E-state index in [0.717, 1.165) is 5.01 Å². The lowest BCUT2D eigenvalue weighted by Crippen LogP contribution is -2.05. The van der Waals surface area contributed by atoms with Gasteiger partial charge in [-0.15, -0.1) is 21.5 Å². The molecule has 8 nitrogen and oxygen atoms in total. The average Bonchev–Trinajstić information content (AvgIpc) is 3.15. The Labute approximate surface area is 139 Å². The van der Waals surface area contributed by atoms with Gasteiger partial charge in [0.05, 0.1) is 17.6 Å². The number of hydrogen-bond acceptors (Lipinski definition) is 10. The minimum atomic E-state index is -0.395. The van der Waals surface area contributed by atoms with Gasteiger partial charge < -0.3 is 14.8 Å². The van der Waals surface area contributed by atoms with Crippen LogP contribution < -0.4 is 5.32 Å². The van der Waals surface area contributed by atoms with Gasteiger partial charge in [-0.1, -0.05) is 11.3 Å². The number of nitrogens with zero attached hydrogens (tertiary/aromatic N) is 4. The number of carbonyl (C=O) groups excluding carboxylic acids is 1. The number of fused-ring (bicyclic) bond motifs is 1. The molecule has 0 saturated heterocycles. The zero-order chi connectivity index (χ0) is 16.2. The smallest absolute Gasteiger partial charge is 0.339 e. The molecule has 0 bridgehead atoms. The van der Waals surface area contributed by atoms with Crippen LogP contribution in [0.15, 0.2) is 11.7 Å². The summed E-state index contributed by atoms with van der Waals surface area (Å²) in [5.74, 6) is 0.105. The lowest BCUT2D eigenvalue weighted by atomic mass is 10.2. The van der Waals surface area contributed by atoms with Gasteiger partial charge in [-0.2, -0.15) is 0 Å². The first-order valence-corrected chi connectivity index (χ1v) is 8.40. The highest BCUT2D eigenvalue weighted by Crippen LogP contribution is 2.32. The van der Waals surface area contributed by atoms with Crippen molar-refractivity contribution in [2.24, 2.45) is 0 Å². The maximum Gasteiger partial charge on any atom is 0.339 e. The van der Waals surface area contributed by atoms with E-state index < -0.39 is 5.97 Å². The fourth-order valence-electron chi connectivity index (χ4n) is 1.92. The van der Waals surface area contributed by atoms with Crippen molar-refractivity contribution in [3.63, 3.8) is 0 Å². The molecule has 0 spiro atoms. The largest absolute Gasteiger partial charge is 0.462 e. The first-order valence-electron chi connectivity index (χ1n) is 6.70. The van der Waals surface area contributed by atoms with Crippen molar-refractivity contribution in [1.82, 2.24) is 20.2 Å². The van der Waals surface area contributed by atoms with E-state index in [9.17, 15) is 4.79 Å². The summed E-state index contributed by atoms with van der Waals surface area (Å²) in [5, 5.41) is 14.8. The van der Waals surface area contributed by atoms with Gasteiger partial charge in [0.25, 0.3) is 0 Å². The van der Waals surface area contributed by atoms with Gasteiger partial charge in [0, 0.05) is 12.5 Å². The number of esters is 1. The normalized spacial score (nSPS) is 10.9. The molecule has 3 aromatic rings. The summed E-state index contributed by atoms with van der Waals surface area (Å²) in [6.45, 7) is 2.47. The molecule has 120 valence electrons. The standard InChI is InChI=1S/C13H13N5O3S2/c1-3-21-12(19)7-5-22-11-9(7)10(14-6-15-11)16-13-18-17-8(23-13)4-20-2/h5-6H,3-4H2,1-2H3,(H,14,15,16,18). The van der Waals surface area contributed by atoms with E-state index in [-0.39, 0.29) is 0 Å². The lowest BCUT2D eigenvalue weighted by molar-refractivity contribution is 0.0529. The molecule has 3 heterocycles. The van der Waals surface area contributed by atoms with Crippen LogP contribution in [0.25, 0.3) is 10.2 Å². The van der Waals surface area contributed by atoms with E-state index in [1.807, 2.05) is 0 Å². The SMILES string of the molecule is CCOC(=O)c1csc2ncnc(Nc3nnc(COC)s3)c12. The lowest BCUT2D eigenvalue weighted by Gasteiger charge is -2.05. The molecule has 0 atom stereocenters. The summed E-state index contributed by atoms with van der Waals surface area (Å²) in [4.78, 5) is 21.2. The molecule has 3 rings (SSSR count). The molecule has 10 heteroatoms. The molecule has 0 saturated carbocycles. The first kappa shape index (κ1) is 15.7. The Morgan fingerprint density at radius 2 is 2.22 bits per heavy atom. The van der Waals surface area contributed by atoms with Crippen molar-refractivity contribution in [3.05, 3.63) is 22.3 Å². The molecule has 1 N–H and O–H groups in total. The topological polar surface area (TPSA) is 99.1 Å². The second-order valence-electron chi connectivity index (χ2n) is 4.33. The van der Waals surface area contributed by atoms with Crippen molar-refractivity contribution >= 4 is 49.8 Å². The summed E-state index contributed by atoms with van der Waals surface area (Å²) < 4.78 is 10.1. The molecule has 0 fully saturated rings. The van der Waals surface area contributed by atoms with Gasteiger partial charge >= 0.3 is 5.97 Å². The minimum Gasteiger partial charge on any atom is -0.462 e. The number of nitrogens with one attached hydrogen (secondary N) is 1. The molecule has 0 aliphatic heterocycles. The average molecular weight is 351 g/mol. The minimum absolute atomic E-state index is 0.309. The number of methoxy groups -OCH3 is 1. The monoisotopic (exact) mass is 351 g/mol. The number of ether oxygens (including phenoxy) is 2. The highest BCUT2D eigenvalue weighted by atomic mass is 32.1. The fourth-order valence-corrected chi connectivity index (χ4v) is 3.50. The van der Waals surface area contributed by atoms with Crippen LogP contribution in [0.2, 0.25) is 0 Å². The third kappa shape index (κ3) is 3.28. The number of aromatic nitrogens is 4. The number of thiophene rings is 1. The van der Waals surface area contributed by atoms with E-state index in [1.54, 1.807) is 19.4 Å². The first-order chi connectivity index (χ1) is 11.2. The Balaban J connectivity index is 1.96. The van der Waals surface area contributed by atoms with Crippen molar-refractivity contribution in [2.45, 2.75) is 13.5 Å². The van der Waals surface area contributed by atoms with E-state index in [2.05, 4.69) is 25.5 Å². The van der Waals surface area contributed by atoms with Gasteiger partial charge in [0.2, 0.25) is 5.13 Å². The van der Waals surface area contributed by atoms with Crippen molar-refractivity contribution < 1.29 is 14.3 Å². The predicted octanol–water partition coefficient (Wildman–Crippen LogP) is 2.61. The van der Waals surface area contributed by atoms with Gasteiger partial charge in [-0.3, -0.25) is 0 Å². The van der Waals surface area contributed by atoms with Gasteiger partial charge in [-0.25, -0.2) is 14.8 Å². The third-order valence-electron chi connectivity index (χ3n) is 2.83. The molecule has 0 aliphatic rings. The van der Waals surface area contributed by atoms with Crippen LogP contribution in [-0.2, 0) is 16.1 Å². The van der Waals surface area contributed by atoms with Crippen LogP contribution in [0, 0.1) is 0 Å². The van der Waals surface area contributed by atoms with Crippen LogP contribution >= 0.6 is 22.7 Å². The van der Waals surface area contributed by atoms with Gasteiger partial charge in [0.1, 0.15) is 28.6 Å². The summed E-state index contributed by atoms with van der Waals surface area (Å²) in [7, 11) is 1.60. The van der Waals surface area contributed by atoms with Crippen molar-refractivity contribution in [2.75, 3.05) is 19.0 Å². The molecule has 23 heavy (non-hydrogen) atoms. The maximum atomic E-state index is 12.1. The number of hydrogen-bond donors (Lipinski definition) is 1. The zero-order valence-corrected chi connectivity index (χ0v) is 14.0. The molecule has 0 aromatic carbocycles. The quantitative estimate of drug-likeness (QED) is 0.677. The number of anilines is 2. The highest BCUT2D eigenvalue weighted by Gasteiger charge is 2.19. The van der Waals surface area contributed by atoms with Gasteiger partial charge in [0.15, 0.2) is 0 Å². The number of carbonyl (C=O) groups is 1. The Hall–Kier alpha value is -2.17. The fraction of sp³-hybridized carbons (Fsp3) is 0.308. The van der Waals surface area contributed by atoms with Crippen LogP contribution in [0.4, 0.5) is 10.9 Å². The van der Waals surface area contributed by atoms with Crippen molar-refractivity contribution in [1.29, 1.82) is 0 Å². The third-order valence-corrected chi connectivity index (χ3v) is 4.52. The predicted molar refractivity (Wildman–Crippen MR) is 87.3 cm³/mol. The second-order valence-corrected chi connectivity index (χ2v) is 6.25. The van der Waals surface area contributed by atoms with E-state index >= 15 is 0 Å². The van der Waals surface area contributed by atoms with E-state index in [4.69, 9.17) is 9.47 Å². The van der Waals surface area contributed by atoms with Crippen LogP contribution in [0.1, 0.15) is 22.3 Å². The molecular weight excluding hydrogens is 338 g/mol. The van der Waals surface area contributed by atoms with Crippen LogP contribution in [-0.4, -0.2) is 39.9 Å². The summed E-state index contributed by atoms with van der Waals surface area (Å²) in [6, 6.07) is 0. The Bertz CT molecular complexity index is 832. The molecule has 0 radical (unpaired) electrons. The Morgan fingerprint density at radius 1 is 1.35 bits per heavy atom. The summed E-state index contributed by atoms with van der Waals surface area (Å²) in [6.07, 6.45) is 1.44. The van der Waals surface area contributed by atoms with Crippen molar-refractivity contribution in [3.8, 4) is 0 Å². The maximum absolute atomic E-state index is 12.1. The molecule has 0 amide bonds. The van der Waals surface area contributed by atoms with Gasteiger partial charge in [-0.05, 0) is 6.92 Å². The highest BCUT2D eigenvalue weighted by molar-refractivity contribution is 7.17. The van der Waals surface area contributed by atoms with Crippen LogP contribution in [0.3, 0.4) is 0 Å². The zero-order valence-electron chi connectivity index (χ0n) is 12.4. The number of rotatable bonds is 6. The van der Waals surface area contributed by atoms with E-state index in [0.29, 0.717) is 39.9 Å². The summed E-state index contributed by atoms with van der Waals surface area (Å²) >= 11 is 2.72. The van der Waals surface area contributed by atoms with E-state index in [1.165, 1.54) is 29.0 Å². The molecule has 0 unspecified atom stereocenters. The second kappa shape index (κ2) is 6.94. The molecule has 3 aromatic heterocycles. The summed E-state index contributed by atoms with van der Waals surface area (Å²) in [5.41, 5.74) is 0.441. The Kier molecular flexibility index (Phi) is 4.74. The Morgan fingerprint density at radius 3 is 3.00 bits per heavy atom. The molecule has 0 aliphatic carbocycles.